The second kappa shape index (κ2) is 9.34. The lowest BCUT2D eigenvalue weighted by molar-refractivity contribution is -0.116. The first kappa shape index (κ1) is 21.7. The van der Waals surface area contributed by atoms with Gasteiger partial charge in [0, 0.05) is 51.9 Å². The summed E-state index contributed by atoms with van der Waals surface area (Å²) in [4.78, 5) is 16.2. The van der Waals surface area contributed by atoms with Gasteiger partial charge in [-0.05, 0) is 42.2 Å². The van der Waals surface area contributed by atoms with Crippen molar-refractivity contribution in [2.24, 2.45) is 0 Å². The summed E-state index contributed by atoms with van der Waals surface area (Å²) in [6, 6.07) is 15.3. The van der Waals surface area contributed by atoms with Gasteiger partial charge >= 0.3 is 0 Å². The first-order valence-corrected chi connectivity index (χ1v) is 12.2. The van der Waals surface area contributed by atoms with Gasteiger partial charge in [-0.1, -0.05) is 42.5 Å². The highest BCUT2D eigenvalue weighted by Crippen LogP contribution is 2.30. The third kappa shape index (κ3) is 4.89. The molecule has 1 saturated heterocycles. The molecule has 0 atom stereocenters. The van der Waals surface area contributed by atoms with Gasteiger partial charge in [0.25, 0.3) is 0 Å². The van der Waals surface area contributed by atoms with Crippen molar-refractivity contribution in [2.45, 2.75) is 24.7 Å². The molecule has 2 aromatic carbocycles. The molecule has 1 fully saturated rings. The summed E-state index contributed by atoms with van der Waals surface area (Å²) in [6.45, 7) is 5.44. The van der Waals surface area contributed by atoms with E-state index < -0.39 is 10.0 Å². The van der Waals surface area contributed by atoms with Crippen molar-refractivity contribution in [3.05, 3.63) is 65.7 Å². The molecule has 164 valence electrons. The first-order chi connectivity index (χ1) is 14.9. The molecule has 7 heteroatoms. The maximum atomic E-state index is 13.2. The lowest BCUT2D eigenvalue weighted by Gasteiger charge is -2.34. The molecule has 0 unspecified atom stereocenters. The van der Waals surface area contributed by atoms with Crippen LogP contribution in [0.4, 0.5) is 5.69 Å². The van der Waals surface area contributed by atoms with E-state index in [0.29, 0.717) is 37.6 Å². The Labute approximate surface area is 184 Å². The average Bonchev–Trinajstić information content (AvgIpc) is 2.79. The van der Waals surface area contributed by atoms with Gasteiger partial charge in [0.05, 0.1) is 4.90 Å². The van der Waals surface area contributed by atoms with Crippen LogP contribution in [0.3, 0.4) is 0 Å². The first-order valence-electron chi connectivity index (χ1n) is 10.8. The van der Waals surface area contributed by atoms with E-state index in [1.54, 1.807) is 34.3 Å². The number of fused-ring (bicyclic) bond motifs is 1. The van der Waals surface area contributed by atoms with E-state index in [4.69, 9.17) is 0 Å². The van der Waals surface area contributed by atoms with Crippen molar-refractivity contribution >= 4 is 27.7 Å². The third-order valence-corrected chi connectivity index (χ3v) is 7.89. The number of carbonyl (C=O) groups excluding carboxylic acids is 1. The monoisotopic (exact) mass is 439 g/mol. The van der Waals surface area contributed by atoms with Crippen molar-refractivity contribution < 1.29 is 13.2 Å². The minimum absolute atomic E-state index is 0.00556. The topological polar surface area (TPSA) is 60.9 Å². The number of nitrogens with zero attached hydrogens (tertiary/aromatic N) is 3. The number of hydrogen-bond donors (Lipinski definition) is 0. The number of hydrogen-bond acceptors (Lipinski definition) is 4. The van der Waals surface area contributed by atoms with Crippen LogP contribution in [-0.4, -0.2) is 62.8 Å². The Morgan fingerprint density at radius 3 is 2.45 bits per heavy atom. The molecule has 2 aliphatic rings. The number of benzene rings is 2. The smallest absolute Gasteiger partial charge is 0.243 e. The minimum Gasteiger partial charge on any atom is -0.312 e. The Morgan fingerprint density at radius 1 is 1.00 bits per heavy atom. The highest BCUT2D eigenvalue weighted by Gasteiger charge is 2.30. The van der Waals surface area contributed by atoms with Crippen LogP contribution in [0.1, 0.15) is 24.5 Å². The maximum Gasteiger partial charge on any atom is 0.243 e. The SMILES string of the molecule is CC(=O)N1CCCc2cc(S(=O)(=O)N3CCN(C/C=C/c4ccccc4)CC3)ccc21. The van der Waals surface area contributed by atoms with Crippen LogP contribution in [0.5, 0.6) is 0 Å². The van der Waals surface area contributed by atoms with E-state index >= 15 is 0 Å². The van der Waals surface area contributed by atoms with E-state index in [-0.39, 0.29) is 5.91 Å². The fourth-order valence-electron chi connectivity index (χ4n) is 4.26. The van der Waals surface area contributed by atoms with Crippen LogP contribution in [0.15, 0.2) is 59.5 Å². The second-order valence-corrected chi connectivity index (χ2v) is 10.0. The average molecular weight is 440 g/mol. The standard InChI is InChI=1S/C24H29N3O3S/c1-20(28)27-14-6-10-22-19-23(11-12-24(22)27)31(29,30)26-17-15-25(16-18-26)13-5-9-21-7-3-2-4-8-21/h2-5,7-9,11-12,19H,6,10,13-18H2,1H3/b9-5+. The Morgan fingerprint density at radius 2 is 1.74 bits per heavy atom. The molecule has 4 rings (SSSR count). The van der Waals surface area contributed by atoms with E-state index in [1.165, 1.54) is 5.56 Å². The van der Waals surface area contributed by atoms with Crippen LogP contribution in [0.25, 0.3) is 6.08 Å². The quantitative estimate of drug-likeness (QED) is 0.719. The summed E-state index contributed by atoms with van der Waals surface area (Å²) in [5.41, 5.74) is 2.94. The van der Waals surface area contributed by atoms with Crippen molar-refractivity contribution in [3.8, 4) is 0 Å². The Kier molecular flexibility index (Phi) is 6.55. The summed E-state index contributed by atoms with van der Waals surface area (Å²) in [7, 11) is -3.53. The maximum absolute atomic E-state index is 13.2. The molecule has 0 aliphatic carbocycles. The summed E-state index contributed by atoms with van der Waals surface area (Å²) < 4.78 is 28.0. The van der Waals surface area contributed by atoms with Crippen molar-refractivity contribution in [1.29, 1.82) is 0 Å². The van der Waals surface area contributed by atoms with Gasteiger partial charge < -0.3 is 4.90 Å². The highest BCUT2D eigenvalue weighted by atomic mass is 32.2. The number of anilines is 1. The number of rotatable bonds is 5. The van der Waals surface area contributed by atoms with Crippen LogP contribution in [0.2, 0.25) is 0 Å². The van der Waals surface area contributed by atoms with Crippen LogP contribution in [-0.2, 0) is 21.2 Å². The fourth-order valence-corrected chi connectivity index (χ4v) is 5.74. The summed E-state index contributed by atoms with van der Waals surface area (Å²) in [5, 5.41) is 0. The van der Waals surface area contributed by atoms with Crippen LogP contribution < -0.4 is 4.90 Å². The summed E-state index contributed by atoms with van der Waals surface area (Å²) >= 11 is 0. The van der Waals surface area contributed by atoms with Gasteiger partial charge in [0.2, 0.25) is 15.9 Å². The Balaban J connectivity index is 1.39. The molecule has 0 saturated carbocycles. The summed E-state index contributed by atoms with van der Waals surface area (Å²) in [6.07, 6.45) is 5.87. The van der Waals surface area contributed by atoms with Gasteiger partial charge in [0.1, 0.15) is 0 Å². The van der Waals surface area contributed by atoms with Gasteiger partial charge in [-0.25, -0.2) is 8.42 Å². The van der Waals surface area contributed by atoms with Crippen molar-refractivity contribution in [2.75, 3.05) is 44.2 Å². The third-order valence-electron chi connectivity index (χ3n) is 5.99. The molecule has 0 N–H and O–H groups in total. The number of sulfonamides is 1. The predicted molar refractivity (Wildman–Crippen MR) is 123 cm³/mol. The lowest BCUT2D eigenvalue weighted by Crippen LogP contribution is -2.48. The predicted octanol–water partition coefficient (Wildman–Crippen LogP) is 3.01. The molecule has 1 amide bonds. The van der Waals surface area contributed by atoms with E-state index in [0.717, 1.165) is 30.6 Å². The highest BCUT2D eigenvalue weighted by molar-refractivity contribution is 7.89. The van der Waals surface area contributed by atoms with E-state index in [1.807, 2.05) is 18.2 Å². The molecule has 6 nitrogen and oxygen atoms in total. The fraction of sp³-hybridized carbons (Fsp3) is 0.375. The zero-order valence-corrected chi connectivity index (χ0v) is 18.7. The largest absolute Gasteiger partial charge is 0.312 e. The van der Waals surface area contributed by atoms with Gasteiger partial charge in [0.15, 0.2) is 0 Å². The van der Waals surface area contributed by atoms with Crippen LogP contribution >= 0.6 is 0 Å². The van der Waals surface area contributed by atoms with Crippen molar-refractivity contribution in [1.82, 2.24) is 9.21 Å². The van der Waals surface area contributed by atoms with Crippen molar-refractivity contribution in [3.63, 3.8) is 0 Å². The minimum atomic E-state index is -3.53. The Bertz CT molecular complexity index is 1060. The molecule has 2 aliphatic heterocycles. The number of aryl methyl sites for hydroxylation is 1. The molecular formula is C24H29N3O3S. The Hall–Kier alpha value is -2.48. The van der Waals surface area contributed by atoms with Gasteiger partial charge in [-0.15, -0.1) is 0 Å². The zero-order valence-electron chi connectivity index (χ0n) is 17.9. The molecule has 0 bridgehead atoms. The second-order valence-electron chi connectivity index (χ2n) is 8.08. The van der Waals surface area contributed by atoms with Gasteiger partial charge in [-0.3, -0.25) is 9.69 Å². The number of amides is 1. The molecule has 0 aromatic heterocycles. The van der Waals surface area contributed by atoms with Crippen LogP contribution in [0, 0.1) is 0 Å². The molecule has 2 heterocycles. The lowest BCUT2D eigenvalue weighted by atomic mass is 10.0. The molecule has 0 spiro atoms. The summed E-state index contributed by atoms with van der Waals surface area (Å²) in [5.74, 6) is -0.00556. The van der Waals surface area contributed by atoms with E-state index in [9.17, 15) is 13.2 Å². The molecule has 31 heavy (non-hydrogen) atoms. The normalized spacial score (nSPS) is 18.3. The van der Waals surface area contributed by atoms with E-state index in [2.05, 4.69) is 29.2 Å². The zero-order chi connectivity index (χ0) is 21.8. The van der Waals surface area contributed by atoms with Gasteiger partial charge in [-0.2, -0.15) is 4.31 Å². The molecule has 2 aromatic rings. The molecule has 0 radical (unpaired) electrons. The molecular weight excluding hydrogens is 410 g/mol. The number of piperazine rings is 1. The number of carbonyl (C=O) groups is 1.